The zero-order valence-corrected chi connectivity index (χ0v) is 13.4. The Morgan fingerprint density at radius 1 is 1.33 bits per heavy atom. The van der Waals surface area contributed by atoms with Crippen LogP contribution in [0.3, 0.4) is 0 Å². The number of hydrogen-bond acceptors (Lipinski definition) is 5. The summed E-state index contributed by atoms with van der Waals surface area (Å²) in [4.78, 5) is 26.9. The largest absolute Gasteiger partial charge is 0.390 e. The molecule has 1 fully saturated rings. The van der Waals surface area contributed by atoms with E-state index in [0.29, 0.717) is 47.3 Å². The van der Waals surface area contributed by atoms with Gasteiger partial charge in [0, 0.05) is 19.1 Å². The zero-order valence-electron chi connectivity index (χ0n) is 12.6. The molecule has 2 amide bonds. The molecule has 0 spiro atoms. The van der Waals surface area contributed by atoms with Gasteiger partial charge in [-0.2, -0.15) is 0 Å². The lowest BCUT2D eigenvalue weighted by Crippen LogP contribution is -2.41. The Morgan fingerprint density at radius 2 is 1.95 bits per heavy atom. The van der Waals surface area contributed by atoms with E-state index >= 15 is 0 Å². The molecule has 1 aromatic rings. The van der Waals surface area contributed by atoms with Gasteiger partial charge in [0.25, 0.3) is 11.8 Å². The molecule has 2 heterocycles. The summed E-state index contributed by atoms with van der Waals surface area (Å²) >= 11 is 1.17. The molecule has 116 valence electrons. The number of amides is 2. The molecule has 1 aliphatic rings. The summed E-state index contributed by atoms with van der Waals surface area (Å²) in [6.07, 6.45) is 0. The van der Waals surface area contributed by atoms with Crippen molar-refractivity contribution in [1.82, 2.24) is 10.2 Å². The van der Waals surface area contributed by atoms with Crippen LogP contribution < -0.4 is 11.1 Å². The Labute approximate surface area is 128 Å². The number of thiophene rings is 1. The van der Waals surface area contributed by atoms with Crippen molar-refractivity contribution in [2.75, 3.05) is 32.0 Å². The van der Waals surface area contributed by atoms with Crippen LogP contribution in [0.5, 0.6) is 0 Å². The van der Waals surface area contributed by atoms with Crippen molar-refractivity contribution in [2.24, 2.45) is 0 Å². The molecule has 0 aliphatic carbocycles. The highest BCUT2D eigenvalue weighted by Crippen LogP contribution is 2.31. The molecule has 1 aromatic heterocycles. The van der Waals surface area contributed by atoms with Crippen LogP contribution in [-0.4, -0.2) is 49.1 Å². The van der Waals surface area contributed by atoms with Crippen molar-refractivity contribution in [1.29, 1.82) is 0 Å². The van der Waals surface area contributed by atoms with Crippen LogP contribution >= 0.6 is 11.3 Å². The summed E-state index contributed by atoms with van der Waals surface area (Å²) in [5.74, 6) is -0.298. The third kappa shape index (κ3) is 3.36. The first-order valence-electron chi connectivity index (χ1n) is 6.98. The average molecular weight is 311 g/mol. The summed E-state index contributed by atoms with van der Waals surface area (Å²) < 4.78 is 5.25. The molecular weight excluding hydrogens is 290 g/mol. The van der Waals surface area contributed by atoms with Crippen molar-refractivity contribution in [3.63, 3.8) is 0 Å². The molecule has 0 bridgehead atoms. The number of nitrogens with zero attached hydrogens (tertiary/aromatic N) is 1. The van der Waals surface area contributed by atoms with E-state index in [1.54, 1.807) is 11.8 Å². The molecule has 7 heteroatoms. The first kappa shape index (κ1) is 15.8. The molecule has 21 heavy (non-hydrogen) atoms. The predicted molar refractivity (Wildman–Crippen MR) is 82.8 cm³/mol. The maximum Gasteiger partial charge on any atom is 0.261 e. The molecule has 2 rings (SSSR count). The summed E-state index contributed by atoms with van der Waals surface area (Å²) in [7, 11) is 0. The van der Waals surface area contributed by atoms with Crippen molar-refractivity contribution < 1.29 is 14.3 Å². The van der Waals surface area contributed by atoms with Crippen LogP contribution in [-0.2, 0) is 4.74 Å². The summed E-state index contributed by atoms with van der Waals surface area (Å²) in [5, 5.41) is 3.23. The minimum absolute atomic E-state index is 0.0404. The predicted octanol–water partition coefficient (Wildman–Crippen LogP) is 1.25. The van der Waals surface area contributed by atoms with Crippen LogP contribution in [0, 0.1) is 6.92 Å². The maximum absolute atomic E-state index is 12.6. The summed E-state index contributed by atoms with van der Waals surface area (Å²) in [5.41, 5.74) is 7.09. The van der Waals surface area contributed by atoms with Gasteiger partial charge in [0.05, 0.1) is 28.7 Å². The van der Waals surface area contributed by atoms with Crippen molar-refractivity contribution in [2.45, 2.75) is 26.8 Å². The van der Waals surface area contributed by atoms with Gasteiger partial charge in [0.15, 0.2) is 0 Å². The van der Waals surface area contributed by atoms with Gasteiger partial charge in [-0.25, -0.2) is 0 Å². The van der Waals surface area contributed by atoms with Crippen LogP contribution in [0.15, 0.2) is 0 Å². The second kappa shape index (κ2) is 6.44. The minimum Gasteiger partial charge on any atom is -0.390 e. The van der Waals surface area contributed by atoms with Crippen molar-refractivity contribution >= 4 is 28.2 Å². The first-order valence-corrected chi connectivity index (χ1v) is 7.80. The highest BCUT2D eigenvalue weighted by molar-refractivity contribution is 7.18. The van der Waals surface area contributed by atoms with E-state index in [1.165, 1.54) is 11.3 Å². The van der Waals surface area contributed by atoms with E-state index < -0.39 is 0 Å². The van der Waals surface area contributed by atoms with Gasteiger partial charge < -0.3 is 20.7 Å². The number of anilines is 1. The SMILES string of the molecule is Cc1c(C(=O)NC(C)C)sc(N)c1C(=O)N1CCOCC1. The van der Waals surface area contributed by atoms with Crippen LogP contribution in [0.1, 0.15) is 39.4 Å². The fourth-order valence-corrected chi connectivity index (χ4v) is 3.24. The molecular formula is C14H21N3O3S. The van der Waals surface area contributed by atoms with Crippen molar-refractivity contribution in [3.8, 4) is 0 Å². The third-order valence-corrected chi connectivity index (χ3v) is 4.43. The molecule has 0 unspecified atom stereocenters. The zero-order chi connectivity index (χ0) is 15.6. The summed E-state index contributed by atoms with van der Waals surface area (Å²) in [6, 6.07) is 0.0404. The second-order valence-electron chi connectivity index (χ2n) is 5.33. The molecule has 0 saturated carbocycles. The lowest BCUT2D eigenvalue weighted by molar-refractivity contribution is 0.0303. The van der Waals surface area contributed by atoms with Gasteiger partial charge in [-0.05, 0) is 26.3 Å². The fourth-order valence-electron chi connectivity index (χ4n) is 2.27. The number of nitrogens with two attached hydrogens (primary N) is 1. The van der Waals surface area contributed by atoms with E-state index in [4.69, 9.17) is 10.5 Å². The smallest absolute Gasteiger partial charge is 0.261 e. The Hall–Kier alpha value is -1.60. The van der Waals surface area contributed by atoms with Gasteiger partial charge in [0.1, 0.15) is 0 Å². The van der Waals surface area contributed by atoms with E-state index in [0.717, 1.165) is 0 Å². The lowest BCUT2D eigenvalue weighted by Gasteiger charge is -2.27. The van der Waals surface area contributed by atoms with Gasteiger partial charge in [-0.1, -0.05) is 0 Å². The van der Waals surface area contributed by atoms with Gasteiger partial charge >= 0.3 is 0 Å². The Bertz CT molecular complexity index is 548. The van der Waals surface area contributed by atoms with E-state index in [-0.39, 0.29) is 17.9 Å². The lowest BCUT2D eigenvalue weighted by atomic mass is 10.1. The van der Waals surface area contributed by atoms with Crippen molar-refractivity contribution in [3.05, 3.63) is 16.0 Å². The molecule has 1 saturated heterocycles. The number of hydrogen-bond donors (Lipinski definition) is 2. The summed E-state index contributed by atoms with van der Waals surface area (Å²) in [6.45, 7) is 7.75. The Kier molecular flexibility index (Phi) is 4.84. The number of nitrogen functional groups attached to an aromatic ring is 1. The quantitative estimate of drug-likeness (QED) is 0.880. The van der Waals surface area contributed by atoms with Gasteiger partial charge in [-0.3, -0.25) is 9.59 Å². The molecule has 0 atom stereocenters. The second-order valence-corrected chi connectivity index (χ2v) is 6.38. The topological polar surface area (TPSA) is 84.7 Å². The monoisotopic (exact) mass is 311 g/mol. The maximum atomic E-state index is 12.6. The first-order chi connectivity index (χ1) is 9.91. The van der Waals surface area contributed by atoms with Gasteiger partial charge in [-0.15, -0.1) is 11.3 Å². The van der Waals surface area contributed by atoms with E-state index in [1.807, 2.05) is 13.8 Å². The molecule has 1 aliphatic heterocycles. The van der Waals surface area contributed by atoms with E-state index in [2.05, 4.69) is 5.32 Å². The Morgan fingerprint density at radius 3 is 2.52 bits per heavy atom. The highest BCUT2D eigenvalue weighted by atomic mass is 32.1. The highest BCUT2D eigenvalue weighted by Gasteiger charge is 2.27. The Balaban J connectivity index is 2.26. The van der Waals surface area contributed by atoms with Crippen LogP contribution in [0.2, 0.25) is 0 Å². The molecule has 3 N–H and O–H groups in total. The number of ether oxygens (including phenoxy) is 1. The minimum atomic E-state index is -0.180. The fraction of sp³-hybridized carbons (Fsp3) is 0.571. The number of rotatable bonds is 3. The third-order valence-electron chi connectivity index (χ3n) is 3.31. The van der Waals surface area contributed by atoms with Crippen LogP contribution in [0.25, 0.3) is 0 Å². The van der Waals surface area contributed by atoms with Crippen LogP contribution in [0.4, 0.5) is 5.00 Å². The van der Waals surface area contributed by atoms with Gasteiger partial charge in [0.2, 0.25) is 0 Å². The normalized spacial score (nSPS) is 15.3. The number of carbonyl (C=O) groups excluding carboxylic acids is 2. The molecule has 0 aromatic carbocycles. The molecule has 6 nitrogen and oxygen atoms in total. The molecule has 0 radical (unpaired) electrons. The standard InChI is InChI=1S/C14H21N3O3S/c1-8(2)16-13(18)11-9(3)10(12(15)21-11)14(19)17-4-6-20-7-5-17/h8H,4-7,15H2,1-3H3,(H,16,18). The van der Waals surface area contributed by atoms with E-state index in [9.17, 15) is 9.59 Å². The average Bonchev–Trinajstić information content (AvgIpc) is 2.73. The number of nitrogens with one attached hydrogen (secondary N) is 1. The number of carbonyl (C=O) groups is 2. The number of morpholine rings is 1.